The van der Waals surface area contributed by atoms with E-state index in [0.29, 0.717) is 22.2 Å². The van der Waals surface area contributed by atoms with Crippen LogP contribution >= 0.6 is 35.6 Å². The van der Waals surface area contributed by atoms with Crippen molar-refractivity contribution in [2.75, 3.05) is 13.6 Å². The van der Waals surface area contributed by atoms with Crippen molar-refractivity contribution in [2.24, 2.45) is 0 Å². The summed E-state index contributed by atoms with van der Waals surface area (Å²) < 4.78 is 0. The van der Waals surface area contributed by atoms with Crippen molar-refractivity contribution in [3.05, 3.63) is 33.8 Å². The Morgan fingerprint density at radius 2 is 2.00 bits per heavy atom. The molecule has 0 fully saturated rings. The van der Waals surface area contributed by atoms with Gasteiger partial charge in [0.05, 0.1) is 10.0 Å². The fourth-order valence-electron chi connectivity index (χ4n) is 1.09. The zero-order valence-corrected chi connectivity index (χ0v) is 11.9. The molecular weight excluding hydrogens is 282 g/mol. The maximum Gasteiger partial charge on any atom is 0.251 e. The molecular formula is C11H15Cl3N2O. The number of hydrogen-bond donors (Lipinski definition) is 2. The highest BCUT2D eigenvalue weighted by atomic mass is 35.5. The van der Waals surface area contributed by atoms with E-state index in [1.54, 1.807) is 18.2 Å². The highest BCUT2D eigenvalue weighted by Gasteiger charge is 2.08. The first kappa shape index (κ1) is 16.5. The Labute approximate surface area is 117 Å². The molecule has 0 saturated carbocycles. The lowest BCUT2D eigenvalue weighted by Gasteiger charge is -2.11. The average molecular weight is 298 g/mol. The highest BCUT2D eigenvalue weighted by Crippen LogP contribution is 2.22. The van der Waals surface area contributed by atoms with Crippen LogP contribution in [0.2, 0.25) is 10.0 Å². The van der Waals surface area contributed by atoms with Gasteiger partial charge in [0.15, 0.2) is 0 Å². The van der Waals surface area contributed by atoms with Gasteiger partial charge in [-0.25, -0.2) is 0 Å². The van der Waals surface area contributed by atoms with E-state index in [2.05, 4.69) is 10.6 Å². The van der Waals surface area contributed by atoms with Gasteiger partial charge in [-0.1, -0.05) is 23.2 Å². The van der Waals surface area contributed by atoms with E-state index in [1.807, 2.05) is 14.0 Å². The molecule has 1 rings (SSSR count). The molecule has 0 aliphatic carbocycles. The van der Waals surface area contributed by atoms with Crippen LogP contribution in [0.25, 0.3) is 0 Å². The fourth-order valence-corrected chi connectivity index (χ4v) is 1.39. The zero-order chi connectivity index (χ0) is 12.1. The maximum atomic E-state index is 11.7. The van der Waals surface area contributed by atoms with Crippen LogP contribution in [-0.4, -0.2) is 25.5 Å². The van der Waals surface area contributed by atoms with E-state index >= 15 is 0 Å². The van der Waals surface area contributed by atoms with Crippen LogP contribution in [0.4, 0.5) is 0 Å². The first-order valence-electron chi connectivity index (χ1n) is 4.95. The smallest absolute Gasteiger partial charge is 0.251 e. The quantitative estimate of drug-likeness (QED) is 0.897. The first-order valence-corrected chi connectivity index (χ1v) is 5.70. The van der Waals surface area contributed by atoms with Gasteiger partial charge in [-0.15, -0.1) is 12.4 Å². The van der Waals surface area contributed by atoms with E-state index in [-0.39, 0.29) is 24.4 Å². The monoisotopic (exact) mass is 296 g/mol. The SMILES string of the molecule is CNC(C)CNC(=O)c1ccc(Cl)c(Cl)c1.Cl. The van der Waals surface area contributed by atoms with Crippen LogP contribution < -0.4 is 10.6 Å². The third kappa shape index (κ3) is 5.13. The molecule has 1 aromatic rings. The molecule has 0 heterocycles. The molecule has 96 valence electrons. The van der Waals surface area contributed by atoms with Crippen molar-refractivity contribution in [1.82, 2.24) is 10.6 Å². The largest absolute Gasteiger partial charge is 0.350 e. The number of likely N-dealkylation sites (N-methyl/N-ethyl adjacent to an activating group) is 1. The lowest BCUT2D eigenvalue weighted by molar-refractivity contribution is 0.0950. The molecule has 0 aromatic heterocycles. The van der Waals surface area contributed by atoms with Crippen molar-refractivity contribution < 1.29 is 4.79 Å². The summed E-state index contributed by atoms with van der Waals surface area (Å²) in [5, 5.41) is 6.65. The minimum absolute atomic E-state index is 0. The molecule has 1 unspecified atom stereocenters. The van der Waals surface area contributed by atoms with E-state index in [9.17, 15) is 4.79 Å². The number of benzene rings is 1. The normalized spacial score (nSPS) is 11.5. The summed E-state index contributed by atoms with van der Waals surface area (Å²) >= 11 is 11.6. The van der Waals surface area contributed by atoms with Gasteiger partial charge in [0.2, 0.25) is 0 Å². The van der Waals surface area contributed by atoms with E-state index in [0.717, 1.165) is 0 Å². The second kappa shape index (κ2) is 7.77. The maximum absolute atomic E-state index is 11.7. The lowest BCUT2D eigenvalue weighted by Crippen LogP contribution is -2.37. The summed E-state index contributed by atoms with van der Waals surface area (Å²) in [7, 11) is 1.84. The van der Waals surface area contributed by atoms with Crippen molar-refractivity contribution in [3.8, 4) is 0 Å². The molecule has 0 bridgehead atoms. The van der Waals surface area contributed by atoms with Crippen molar-refractivity contribution in [3.63, 3.8) is 0 Å². The Kier molecular flexibility index (Phi) is 7.55. The highest BCUT2D eigenvalue weighted by molar-refractivity contribution is 6.42. The number of nitrogens with one attached hydrogen (secondary N) is 2. The number of halogens is 3. The molecule has 0 spiro atoms. The van der Waals surface area contributed by atoms with Crippen LogP contribution in [0.3, 0.4) is 0 Å². The summed E-state index contributed by atoms with van der Waals surface area (Å²) in [6, 6.07) is 5.05. The summed E-state index contributed by atoms with van der Waals surface area (Å²) in [6.07, 6.45) is 0. The zero-order valence-electron chi connectivity index (χ0n) is 9.59. The number of hydrogen-bond acceptors (Lipinski definition) is 2. The van der Waals surface area contributed by atoms with E-state index in [1.165, 1.54) is 0 Å². The van der Waals surface area contributed by atoms with Crippen LogP contribution in [0.5, 0.6) is 0 Å². The molecule has 0 radical (unpaired) electrons. The standard InChI is InChI=1S/C11H14Cl2N2O.ClH/c1-7(14-2)6-15-11(16)8-3-4-9(12)10(13)5-8;/h3-5,7,14H,6H2,1-2H3,(H,15,16);1H. The average Bonchev–Trinajstić information content (AvgIpc) is 2.29. The molecule has 3 nitrogen and oxygen atoms in total. The number of carbonyl (C=O) groups excluding carboxylic acids is 1. The van der Waals surface area contributed by atoms with Crippen LogP contribution in [0, 0.1) is 0 Å². The van der Waals surface area contributed by atoms with Gasteiger partial charge in [-0.05, 0) is 32.2 Å². The molecule has 2 N–H and O–H groups in total. The van der Waals surface area contributed by atoms with Gasteiger partial charge in [0.1, 0.15) is 0 Å². The Hall–Kier alpha value is -0.480. The first-order chi connectivity index (χ1) is 7.54. The Morgan fingerprint density at radius 1 is 1.35 bits per heavy atom. The summed E-state index contributed by atoms with van der Waals surface area (Å²) in [4.78, 5) is 11.7. The summed E-state index contributed by atoms with van der Waals surface area (Å²) in [5.74, 6) is -0.152. The van der Waals surface area contributed by atoms with Gasteiger partial charge < -0.3 is 10.6 Å². The Morgan fingerprint density at radius 3 is 2.53 bits per heavy atom. The molecule has 6 heteroatoms. The van der Waals surface area contributed by atoms with Crippen molar-refractivity contribution in [1.29, 1.82) is 0 Å². The van der Waals surface area contributed by atoms with Crippen LogP contribution in [-0.2, 0) is 0 Å². The van der Waals surface area contributed by atoms with Gasteiger partial charge in [0.25, 0.3) is 5.91 Å². The number of carbonyl (C=O) groups is 1. The molecule has 17 heavy (non-hydrogen) atoms. The van der Waals surface area contributed by atoms with Crippen LogP contribution in [0.1, 0.15) is 17.3 Å². The van der Waals surface area contributed by atoms with Crippen LogP contribution in [0.15, 0.2) is 18.2 Å². The van der Waals surface area contributed by atoms with Gasteiger partial charge in [0, 0.05) is 18.2 Å². The van der Waals surface area contributed by atoms with Gasteiger partial charge in [-0.3, -0.25) is 4.79 Å². The van der Waals surface area contributed by atoms with Crippen molar-refractivity contribution >= 4 is 41.5 Å². The molecule has 1 atom stereocenters. The third-order valence-electron chi connectivity index (χ3n) is 2.24. The number of rotatable bonds is 4. The van der Waals surface area contributed by atoms with E-state index < -0.39 is 0 Å². The summed E-state index contributed by atoms with van der Waals surface area (Å²) in [6.45, 7) is 2.55. The molecule has 0 aliphatic rings. The van der Waals surface area contributed by atoms with Gasteiger partial charge in [-0.2, -0.15) is 0 Å². The minimum Gasteiger partial charge on any atom is -0.350 e. The predicted octanol–water partition coefficient (Wildman–Crippen LogP) is 2.75. The van der Waals surface area contributed by atoms with Gasteiger partial charge >= 0.3 is 0 Å². The predicted molar refractivity (Wildman–Crippen MR) is 74.6 cm³/mol. The topological polar surface area (TPSA) is 41.1 Å². The Bertz CT molecular complexity index is 385. The van der Waals surface area contributed by atoms with E-state index in [4.69, 9.17) is 23.2 Å². The number of amides is 1. The molecule has 1 aromatic carbocycles. The summed E-state index contributed by atoms with van der Waals surface area (Å²) in [5.41, 5.74) is 0.512. The second-order valence-corrected chi connectivity index (χ2v) is 4.34. The molecule has 1 amide bonds. The minimum atomic E-state index is -0.152. The Balaban J connectivity index is 0.00000256. The lowest BCUT2D eigenvalue weighted by atomic mass is 10.2. The fraction of sp³-hybridized carbons (Fsp3) is 0.364. The van der Waals surface area contributed by atoms with Crippen molar-refractivity contribution in [2.45, 2.75) is 13.0 Å². The molecule has 0 saturated heterocycles. The second-order valence-electron chi connectivity index (χ2n) is 3.53. The third-order valence-corrected chi connectivity index (χ3v) is 2.98. The molecule has 0 aliphatic heterocycles.